The van der Waals surface area contributed by atoms with Crippen molar-refractivity contribution in [3.8, 4) is 0 Å². The summed E-state index contributed by atoms with van der Waals surface area (Å²) >= 11 is 0. The molecule has 132 valence electrons. The Morgan fingerprint density at radius 2 is 2.08 bits per heavy atom. The first-order valence-corrected chi connectivity index (χ1v) is 8.10. The summed E-state index contributed by atoms with van der Waals surface area (Å²) in [6.45, 7) is 2.34. The SMILES string of the molecule is CCOC(=O)CC(NC(=O)[C@@H]1CC[C@H](CN)O1)c1ccc(F)cc1. The van der Waals surface area contributed by atoms with Crippen LogP contribution >= 0.6 is 0 Å². The molecule has 3 N–H and O–H groups in total. The van der Waals surface area contributed by atoms with Gasteiger partial charge in [0.1, 0.15) is 11.9 Å². The molecule has 0 bridgehead atoms. The molecule has 0 spiro atoms. The van der Waals surface area contributed by atoms with Gasteiger partial charge in [-0.25, -0.2) is 4.39 Å². The molecular formula is C17H23FN2O4. The van der Waals surface area contributed by atoms with Crippen molar-refractivity contribution in [2.45, 2.75) is 44.4 Å². The number of hydrogen-bond donors (Lipinski definition) is 2. The number of carbonyl (C=O) groups is 2. The highest BCUT2D eigenvalue weighted by Gasteiger charge is 2.31. The lowest BCUT2D eigenvalue weighted by molar-refractivity contribution is -0.144. The van der Waals surface area contributed by atoms with E-state index in [1.807, 2.05) is 0 Å². The lowest BCUT2D eigenvalue weighted by atomic mass is 10.0. The second-order valence-electron chi connectivity index (χ2n) is 5.68. The summed E-state index contributed by atoms with van der Waals surface area (Å²) in [4.78, 5) is 24.2. The molecule has 7 heteroatoms. The number of ether oxygens (including phenoxy) is 2. The first kappa shape index (κ1) is 18.4. The van der Waals surface area contributed by atoms with Gasteiger partial charge in [-0.05, 0) is 37.5 Å². The quantitative estimate of drug-likeness (QED) is 0.734. The minimum absolute atomic E-state index is 0.0295. The number of amides is 1. The Morgan fingerprint density at radius 1 is 1.38 bits per heavy atom. The van der Waals surface area contributed by atoms with Gasteiger partial charge in [-0.1, -0.05) is 12.1 Å². The topological polar surface area (TPSA) is 90.7 Å². The van der Waals surface area contributed by atoms with Crippen LogP contribution in [0, 0.1) is 5.82 Å². The van der Waals surface area contributed by atoms with E-state index >= 15 is 0 Å². The van der Waals surface area contributed by atoms with E-state index in [0.717, 1.165) is 6.42 Å². The fourth-order valence-corrected chi connectivity index (χ4v) is 2.67. The summed E-state index contributed by atoms with van der Waals surface area (Å²) in [5.41, 5.74) is 6.18. The predicted molar refractivity (Wildman–Crippen MR) is 85.5 cm³/mol. The summed E-state index contributed by atoms with van der Waals surface area (Å²) < 4.78 is 23.6. The summed E-state index contributed by atoms with van der Waals surface area (Å²) in [6.07, 6.45) is 0.591. The third-order valence-corrected chi connectivity index (χ3v) is 3.93. The van der Waals surface area contributed by atoms with Gasteiger partial charge in [0.25, 0.3) is 0 Å². The largest absolute Gasteiger partial charge is 0.466 e. The van der Waals surface area contributed by atoms with E-state index in [4.69, 9.17) is 15.2 Å². The van der Waals surface area contributed by atoms with Crippen LogP contribution in [0.15, 0.2) is 24.3 Å². The number of nitrogens with one attached hydrogen (secondary N) is 1. The predicted octanol–water partition coefficient (Wildman–Crippen LogP) is 1.44. The lowest BCUT2D eigenvalue weighted by Crippen LogP contribution is -2.38. The monoisotopic (exact) mass is 338 g/mol. The van der Waals surface area contributed by atoms with E-state index in [-0.39, 0.29) is 30.9 Å². The second-order valence-corrected chi connectivity index (χ2v) is 5.68. The van der Waals surface area contributed by atoms with Crippen molar-refractivity contribution in [2.75, 3.05) is 13.2 Å². The van der Waals surface area contributed by atoms with Crippen LogP contribution in [0.2, 0.25) is 0 Å². The van der Waals surface area contributed by atoms with Crippen molar-refractivity contribution in [1.29, 1.82) is 0 Å². The van der Waals surface area contributed by atoms with Crippen molar-refractivity contribution in [2.24, 2.45) is 5.73 Å². The molecule has 1 saturated heterocycles. The fraction of sp³-hybridized carbons (Fsp3) is 0.529. The van der Waals surface area contributed by atoms with Crippen LogP contribution in [0.5, 0.6) is 0 Å². The smallest absolute Gasteiger partial charge is 0.308 e. The number of rotatable bonds is 7. The van der Waals surface area contributed by atoms with Gasteiger partial charge < -0.3 is 20.5 Å². The van der Waals surface area contributed by atoms with Crippen LogP contribution in [0.4, 0.5) is 4.39 Å². The Labute approximate surface area is 140 Å². The molecule has 1 heterocycles. The number of hydrogen-bond acceptors (Lipinski definition) is 5. The van der Waals surface area contributed by atoms with Crippen LogP contribution in [-0.4, -0.2) is 37.2 Å². The van der Waals surface area contributed by atoms with Gasteiger partial charge in [0.15, 0.2) is 0 Å². The Hall–Kier alpha value is -1.99. The molecule has 2 rings (SSSR count). The maximum absolute atomic E-state index is 13.1. The van der Waals surface area contributed by atoms with Crippen LogP contribution in [0.1, 0.15) is 37.8 Å². The highest BCUT2D eigenvalue weighted by atomic mass is 19.1. The van der Waals surface area contributed by atoms with Gasteiger partial charge in [-0.15, -0.1) is 0 Å². The Kier molecular flexibility index (Phi) is 6.69. The standard InChI is InChI=1S/C17H23FN2O4/c1-2-23-16(21)9-14(11-3-5-12(18)6-4-11)20-17(22)15-8-7-13(10-19)24-15/h3-6,13-15H,2,7-10,19H2,1H3,(H,20,22)/t13-,14?,15+/m1/s1. The fourth-order valence-electron chi connectivity index (χ4n) is 2.67. The van der Waals surface area contributed by atoms with Gasteiger partial charge in [0.2, 0.25) is 5.91 Å². The van der Waals surface area contributed by atoms with E-state index in [1.165, 1.54) is 24.3 Å². The zero-order valence-electron chi connectivity index (χ0n) is 13.7. The highest BCUT2D eigenvalue weighted by Crippen LogP contribution is 2.22. The van der Waals surface area contributed by atoms with Crippen LogP contribution in [0.25, 0.3) is 0 Å². The summed E-state index contributed by atoms with van der Waals surface area (Å²) in [5.74, 6) is -1.12. The molecule has 1 aliphatic rings. The average molecular weight is 338 g/mol. The lowest BCUT2D eigenvalue weighted by Gasteiger charge is -2.21. The molecule has 1 unspecified atom stereocenters. The molecule has 0 saturated carbocycles. The van der Waals surface area contributed by atoms with E-state index in [9.17, 15) is 14.0 Å². The van der Waals surface area contributed by atoms with Gasteiger partial charge in [-0.3, -0.25) is 9.59 Å². The first-order valence-electron chi connectivity index (χ1n) is 8.10. The molecule has 3 atom stereocenters. The molecule has 1 aromatic carbocycles. The number of nitrogens with two attached hydrogens (primary N) is 1. The van der Waals surface area contributed by atoms with Gasteiger partial charge in [0, 0.05) is 6.54 Å². The highest BCUT2D eigenvalue weighted by molar-refractivity contribution is 5.82. The van der Waals surface area contributed by atoms with Crippen LogP contribution in [0.3, 0.4) is 0 Å². The first-order chi connectivity index (χ1) is 11.5. The van der Waals surface area contributed by atoms with Crippen molar-refractivity contribution in [1.82, 2.24) is 5.32 Å². The van der Waals surface area contributed by atoms with Gasteiger partial charge in [-0.2, -0.15) is 0 Å². The Balaban J connectivity index is 2.06. The Morgan fingerprint density at radius 3 is 2.67 bits per heavy atom. The molecule has 1 aromatic rings. The molecule has 0 radical (unpaired) electrons. The van der Waals surface area contributed by atoms with Crippen LogP contribution in [-0.2, 0) is 19.1 Å². The Bertz CT molecular complexity index is 564. The second kappa shape index (κ2) is 8.75. The third kappa shape index (κ3) is 5.01. The van der Waals surface area contributed by atoms with Crippen LogP contribution < -0.4 is 11.1 Å². The minimum Gasteiger partial charge on any atom is -0.466 e. The number of benzene rings is 1. The molecule has 0 aromatic heterocycles. The molecule has 6 nitrogen and oxygen atoms in total. The third-order valence-electron chi connectivity index (χ3n) is 3.93. The maximum atomic E-state index is 13.1. The zero-order valence-corrected chi connectivity index (χ0v) is 13.7. The molecule has 1 fully saturated rings. The molecule has 24 heavy (non-hydrogen) atoms. The maximum Gasteiger partial charge on any atom is 0.308 e. The average Bonchev–Trinajstić information content (AvgIpc) is 3.04. The molecular weight excluding hydrogens is 315 g/mol. The summed E-state index contributed by atoms with van der Waals surface area (Å²) in [5, 5.41) is 2.80. The van der Waals surface area contributed by atoms with Gasteiger partial charge in [0.05, 0.1) is 25.2 Å². The summed E-state index contributed by atoms with van der Waals surface area (Å²) in [6, 6.07) is 5.06. The van der Waals surface area contributed by atoms with Gasteiger partial charge >= 0.3 is 5.97 Å². The molecule has 1 amide bonds. The normalized spacial score (nSPS) is 21.3. The van der Waals surface area contributed by atoms with Crippen molar-refractivity contribution >= 4 is 11.9 Å². The molecule has 0 aliphatic carbocycles. The van der Waals surface area contributed by atoms with Crippen molar-refractivity contribution in [3.05, 3.63) is 35.6 Å². The van der Waals surface area contributed by atoms with E-state index in [1.54, 1.807) is 6.92 Å². The molecule has 1 aliphatic heterocycles. The van der Waals surface area contributed by atoms with E-state index < -0.39 is 18.1 Å². The minimum atomic E-state index is -0.599. The van der Waals surface area contributed by atoms with E-state index in [0.29, 0.717) is 18.5 Å². The van der Waals surface area contributed by atoms with Crippen molar-refractivity contribution in [3.63, 3.8) is 0 Å². The number of esters is 1. The van der Waals surface area contributed by atoms with E-state index in [2.05, 4.69) is 5.32 Å². The summed E-state index contributed by atoms with van der Waals surface area (Å²) in [7, 11) is 0. The number of carbonyl (C=O) groups excluding carboxylic acids is 2. The van der Waals surface area contributed by atoms with Crippen molar-refractivity contribution < 1.29 is 23.5 Å². The zero-order chi connectivity index (χ0) is 17.5. The number of halogens is 1.